The van der Waals surface area contributed by atoms with Crippen molar-refractivity contribution in [2.24, 2.45) is 16.8 Å². The Morgan fingerprint density at radius 3 is 2.48 bits per heavy atom. The minimum absolute atomic E-state index is 0.221. The molecule has 1 saturated heterocycles. The highest BCUT2D eigenvalue weighted by atomic mass is 32.2. The number of halogens is 3. The second kappa shape index (κ2) is 7.96. The normalized spacial score (nSPS) is 32.8. The minimum atomic E-state index is -4.05. The van der Waals surface area contributed by atoms with Gasteiger partial charge in [0.1, 0.15) is 0 Å². The van der Waals surface area contributed by atoms with Crippen LogP contribution in [0.1, 0.15) is 32.1 Å². The Kier molecular flexibility index (Phi) is 6.48. The first kappa shape index (κ1) is 18.7. The number of aliphatic imine (C=N–C) groups is 1. The standard InChI is InChI=1S/C15H26F3N3OS/c1-19-13(21-9-14(22)6-7-23-10-14)20-8-11-2-4-12(5-3-11)15(16,17)18/h11-12,22H,2-10H2,1H3,(H2,19,20,21). The van der Waals surface area contributed by atoms with Gasteiger partial charge >= 0.3 is 6.18 Å². The van der Waals surface area contributed by atoms with Crippen LogP contribution in [-0.2, 0) is 0 Å². The summed E-state index contributed by atoms with van der Waals surface area (Å²) >= 11 is 1.74. The zero-order valence-electron chi connectivity index (χ0n) is 13.5. The summed E-state index contributed by atoms with van der Waals surface area (Å²) in [5, 5.41) is 16.6. The summed E-state index contributed by atoms with van der Waals surface area (Å²) < 4.78 is 38.0. The predicted octanol–water partition coefficient (Wildman–Crippen LogP) is 2.39. The Bertz CT molecular complexity index is 403. The van der Waals surface area contributed by atoms with E-state index in [9.17, 15) is 18.3 Å². The number of thioether (sulfide) groups is 1. The molecule has 0 aromatic carbocycles. The number of rotatable bonds is 4. The van der Waals surface area contributed by atoms with Gasteiger partial charge in [0.15, 0.2) is 5.96 Å². The molecule has 1 heterocycles. The molecule has 1 atom stereocenters. The van der Waals surface area contributed by atoms with Gasteiger partial charge in [0.2, 0.25) is 0 Å². The maximum Gasteiger partial charge on any atom is 0.391 e. The van der Waals surface area contributed by atoms with Crippen LogP contribution in [0.15, 0.2) is 4.99 Å². The summed E-state index contributed by atoms with van der Waals surface area (Å²) in [4.78, 5) is 4.12. The lowest BCUT2D eigenvalue weighted by Gasteiger charge is -2.30. The lowest BCUT2D eigenvalue weighted by Crippen LogP contribution is -2.48. The number of hydrogen-bond donors (Lipinski definition) is 3. The molecule has 0 aromatic rings. The Morgan fingerprint density at radius 2 is 1.96 bits per heavy atom. The largest absolute Gasteiger partial charge is 0.391 e. The van der Waals surface area contributed by atoms with Gasteiger partial charge in [0.05, 0.1) is 11.5 Å². The summed E-state index contributed by atoms with van der Waals surface area (Å²) in [5.74, 6) is 1.40. The van der Waals surface area contributed by atoms with Crippen molar-refractivity contribution in [3.63, 3.8) is 0 Å². The quantitative estimate of drug-likeness (QED) is 0.537. The van der Waals surface area contributed by atoms with Crippen LogP contribution in [0.25, 0.3) is 0 Å². The van der Waals surface area contributed by atoms with E-state index in [1.54, 1.807) is 18.8 Å². The van der Waals surface area contributed by atoms with Gasteiger partial charge in [-0.25, -0.2) is 0 Å². The lowest BCUT2D eigenvalue weighted by molar-refractivity contribution is -0.183. The summed E-state index contributed by atoms with van der Waals surface area (Å²) in [5.41, 5.74) is -0.687. The first-order chi connectivity index (χ1) is 10.8. The predicted molar refractivity (Wildman–Crippen MR) is 87.8 cm³/mol. The van der Waals surface area contributed by atoms with Crippen molar-refractivity contribution < 1.29 is 18.3 Å². The van der Waals surface area contributed by atoms with Crippen LogP contribution in [0.3, 0.4) is 0 Å². The molecule has 23 heavy (non-hydrogen) atoms. The molecule has 2 aliphatic rings. The van der Waals surface area contributed by atoms with Gasteiger partial charge in [0, 0.05) is 25.9 Å². The number of aliphatic hydroxyl groups is 1. The third kappa shape index (κ3) is 5.74. The van der Waals surface area contributed by atoms with Crippen LogP contribution in [0.2, 0.25) is 0 Å². The monoisotopic (exact) mass is 353 g/mol. The molecule has 2 rings (SSSR count). The highest BCUT2D eigenvalue weighted by Crippen LogP contribution is 2.39. The smallest absolute Gasteiger partial charge is 0.387 e. The van der Waals surface area contributed by atoms with Gasteiger partial charge in [-0.1, -0.05) is 0 Å². The van der Waals surface area contributed by atoms with Crippen LogP contribution < -0.4 is 10.6 Å². The molecule has 0 aromatic heterocycles. The average Bonchev–Trinajstić information content (AvgIpc) is 2.94. The fraction of sp³-hybridized carbons (Fsp3) is 0.933. The minimum Gasteiger partial charge on any atom is -0.387 e. The van der Waals surface area contributed by atoms with Gasteiger partial charge in [-0.05, 0) is 43.8 Å². The first-order valence-electron chi connectivity index (χ1n) is 8.14. The van der Waals surface area contributed by atoms with Crippen LogP contribution in [0.4, 0.5) is 13.2 Å². The molecule has 0 radical (unpaired) electrons. The first-order valence-corrected chi connectivity index (χ1v) is 9.29. The van der Waals surface area contributed by atoms with Gasteiger partial charge in [-0.2, -0.15) is 24.9 Å². The molecule has 134 valence electrons. The summed E-state index contributed by atoms with van der Waals surface area (Å²) in [6.45, 7) is 1.07. The van der Waals surface area contributed by atoms with Crippen molar-refractivity contribution in [3.05, 3.63) is 0 Å². The van der Waals surface area contributed by atoms with E-state index in [1.165, 1.54) is 0 Å². The Labute approximate surface area is 139 Å². The molecular weight excluding hydrogens is 327 g/mol. The molecule has 8 heteroatoms. The maximum atomic E-state index is 12.7. The lowest BCUT2D eigenvalue weighted by atomic mass is 9.81. The van der Waals surface area contributed by atoms with E-state index >= 15 is 0 Å². The van der Waals surface area contributed by atoms with Gasteiger partial charge in [0.25, 0.3) is 0 Å². The van der Waals surface area contributed by atoms with Crippen molar-refractivity contribution in [2.75, 3.05) is 31.6 Å². The van der Waals surface area contributed by atoms with E-state index < -0.39 is 17.7 Å². The molecule has 0 amide bonds. The molecule has 1 aliphatic heterocycles. The highest BCUT2D eigenvalue weighted by Gasteiger charge is 2.41. The topological polar surface area (TPSA) is 56.7 Å². The van der Waals surface area contributed by atoms with Crippen molar-refractivity contribution in [1.82, 2.24) is 10.6 Å². The fourth-order valence-corrected chi connectivity index (χ4v) is 4.43. The molecule has 3 N–H and O–H groups in total. The van der Waals surface area contributed by atoms with Crippen LogP contribution >= 0.6 is 11.8 Å². The van der Waals surface area contributed by atoms with Crippen LogP contribution in [0, 0.1) is 11.8 Å². The third-order valence-corrected chi connectivity index (χ3v) is 5.99. The van der Waals surface area contributed by atoms with E-state index in [-0.39, 0.29) is 18.8 Å². The molecule has 0 bridgehead atoms. The molecule has 4 nitrogen and oxygen atoms in total. The van der Waals surface area contributed by atoms with Gasteiger partial charge in [-0.15, -0.1) is 0 Å². The zero-order chi connectivity index (χ0) is 16.9. The Morgan fingerprint density at radius 1 is 1.26 bits per heavy atom. The van der Waals surface area contributed by atoms with Crippen molar-refractivity contribution in [3.8, 4) is 0 Å². The number of guanidine groups is 1. The van der Waals surface area contributed by atoms with E-state index in [1.807, 2.05) is 0 Å². The average molecular weight is 353 g/mol. The van der Waals surface area contributed by atoms with Crippen LogP contribution in [-0.4, -0.2) is 54.5 Å². The molecule has 1 saturated carbocycles. The van der Waals surface area contributed by atoms with Crippen molar-refractivity contribution in [2.45, 2.75) is 43.9 Å². The van der Waals surface area contributed by atoms with E-state index in [0.29, 0.717) is 31.9 Å². The zero-order valence-corrected chi connectivity index (χ0v) is 14.3. The number of nitrogens with one attached hydrogen (secondary N) is 2. The maximum absolute atomic E-state index is 12.7. The number of alkyl halides is 3. The van der Waals surface area contributed by atoms with E-state index in [4.69, 9.17) is 0 Å². The summed E-state index contributed by atoms with van der Waals surface area (Å²) in [6, 6.07) is 0. The van der Waals surface area contributed by atoms with Crippen molar-refractivity contribution >= 4 is 17.7 Å². The van der Waals surface area contributed by atoms with E-state index in [0.717, 1.165) is 17.9 Å². The summed E-state index contributed by atoms with van der Waals surface area (Å²) in [7, 11) is 1.66. The number of hydrogen-bond acceptors (Lipinski definition) is 3. The van der Waals surface area contributed by atoms with E-state index in [2.05, 4.69) is 15.6 Å². The summed E-state index contributed by atoms with van der Waals surface area (Å²) in [6.07, 6.45) is -1.66. The second-order valence-electron chi connectivity index (χ2n) is 6.59. The SMILES string of the molecule is CN=C(NCC1CCC(C(F)(F)F)CC1)NCC1(O)CCSC1. The Balaban J connectivity index is 1.68. The van der Waals surface area contributed by atoms with Gasteiger partial charge < -0.3 is 15.7 Å². The second-order valence-corrected chi connectivity index (χ2v) is 7.70. The Hall–Kier alpha value is -0.630. The molecular formula is C15H26F3N3OS. The molecule has 1 aliphatic carbocycles. The van der Waals surface area contributed by atoms with Gasteiger partial charge in [-0.3, -0.25) is 4.99 Å². The molecule has 2 fully saturated rings. The highest BCUT2D eigenvalue weighted by molar-refractivity contribution is 7.99. The fourth-order valence-electron chi connectivity index (χ4n) is 3.14. The van der Waals surface area contributed by atoms with Crippen LogP contribution in [0.5, 0.6) is 0 Å². The third-order valence-electron chi connectivity index (χ3n) is 4.76. The number of nitrogens with zero attached hydrogens (tertiary/aromatic N) is 1. The van der Waals surface area contributed by atoms with Crippen molar-refractivity contribution in [1.29, 1.82) is 0 Å². The molecule has 1 unspecified atom stereocenters. The molecule has 0 spiro atoms.